The van der Waals surface area contributed by atoms with Crippen molar-refractivity contribution in [3.8, 4) is 0 Å². The molecule has 2 aromatic carbocycles. The second-order valence-corrected chi connectivity index (χ2v) is 6.40. The maximum absolute atomic E-state index is 13.3. The van der Waals surface area contributed by atoms with Gasteiger partial charge in [0.25, 0.3) is 11.7 Å². The van der Waals surface area contributed by atoms with E-state index in [0.29, 0.717) is 15.7 Å². The highest BCUT2D eigenvalue weighted by molar-refractivity contribution is 9.10. The number of carbonyl (C=O) groups is 2. The number of halogens is 3. The lowest BCUT2D eigenvalue weighted by Gasteiger charge is -2.17. The van der Waals surface area contributed by atoms with E-state index >= 15 is 0 Å². The van der Waals surface area contributed by atoms with Crippen LogP contribution in [-0.4, -0.2) is 11.7 Å². The SMILES string of the molecule is O=C1C(=O)N(Cc2ccc(F)c(Br)c2)c2cc(Br)ccc21. The number of Topliss-reactive ketones (excluding diaryl/α,β-unsaturated/α-hetero) is 1. The molecule has 0 saturated carbocycles. The number of rotatable bonds is 2. The molecule has 1 aliphatic rings. The molecule has 2 aromatic rings. The van der Waals surface area contributed by atoms with Crippen LogP contribution in [0.4, 0.5) is 10.1 Å². The maximum Gasteiger partial charge on any atom is 0.299 e. The summed E-state index contributed by atoms with van der Waals surface area (Å²) in [6.45, 7) is 0.215. The second kappa shape index (κ2) is 5.35. The van der Waals surface area contributed by atoms with E-state index in [-0.39, 0.29) is 12.4 Å². The monoisotopic (exact) mass is 411 g/mol. The van der Waals surface area contributed by atoms with Crippen LogP contribution in [0.2, 0.25) is 0 Å². The Morgan fingerprint density at radius 3 is 2.52 bits per heavy atom. The molecule has 21 heavy (non-hydrogen) atoms. The van der Waals surface area contributed by atoms with Gasteiger partial charge in [0.05, 0.1) is 22.3 Å². The minimum Gasteiger partial charge on any atom is -0.300 e. The van der Waals surface area contributed by atoms with Gasteiger partial charge in [0.1, 0.15) is 5.82 Å². The van der Waals surface area contributed by atoms with Crippen molar-refractivity contribution < 1.29 is 14.0 Å². The highest BCUT2D eigenvalue weighted by Gasteiger charge is 2.35. The summed E-state index contributed by atoms with van der Waals surface area (Å²) in [7, 11) is 0. The molecule has 3 nitrogen and oxygen atoms in total. The van der Waals surface area contributed by atoms with E-state index in [9.17, 15) is 14.0 Å². The summed E-state index contributed by atoms with van der Waals surface area (Å²) in [5, 5.41) is 0. The normalized spacial score (nSPS) is 13.8. The quantitative estimate of drug-likeness (QED) is 0.697. The average molecular weight is 413 g/mol. The average Bonchev–Trinajstić information content (AvgIpc) is 2.68. The molecule has 0 unspecified atom stereocenters. The largest absolute Gasteiger partial charge is 0.300 e. The van der Waals surface area contributed by atoms with Crippen molar-refractivity contribution in [2.45, 2.75) is 6.54 Å². The first-order valence-corrected chi connectivity index (χ1v) is 7.65. The molecule has 0 spiro atoms. The van der Waals surface area contributed by atoms with E-state index in [1.54, 1.807) is 30.3 Å². The van der Waals surface area contributed by atoms with Crippen molar-refractivity contribution in [1.29, 1.82) is 0 Å². The first kappa shape index (κ1) is 14.4. The number of amides is 1. The fourth-order valence-corrected chi connectivity index (χ4v) is 3.02. The van der Waals surface area contributed by atoms with Crippen LogP contribution in [-0.2, 0) is 11.3 Å². The number of hydrogen-bond donors (Lipinski definition) is 0. The van der Waals surface area contributed by atoms with Gasteiger partial charge in [-0.25, -0.2) is 4.39 Å². The summed E-state index contributed by atoms with van der Waals surface area (Å²) in [6.07, 6.45) is 0. The Bertz CT molecular complexity index is 776. The zero-order valence-corrected chi connectivity index (χ0v) is 13.7. The van der Waals surface area contributed by atoms with Crippen LogP contribution in [0.25, 0.3) is 0 Å². The number of carbonyl (C=O) groups excluding carboxylic acids is 2. The molecule has 3 rings (SSSR count). The number of hydrogen-bond acceptors (Lipinski definition) is 2. The Kier molecular flexibility index (Phi) is 3.67. The van der Waals surface area contributed by atoms with Gasteiger partial charge in [-0.15, -0.1) is 0 Å². The first-order chi connectivity index (χ1) is 9.97. The van der Waals surface area contributed by atoms with Crippen molar-refractivity contribution in [3.05, 3.63) is 62.3 Å². The third kappa shape index (κ3) is 2.53. The zero-order chi connectivity index (χ0) is 15.1. The lowest BCUT2D eigenvalue weighted by molar-refractivity contribution is -0.114. The van der Waals surface area contributed by atoms with E-state index in [1.165, 1.54) is 11.0 Å². The van der Waals surface area contributed by atoms with E-state index < -0.39 is 11.7 Å². The zero-order valence-electron chi connectivity index (χ0n) is 10.6. The molecular weight excluding hydrogens is 405 g/mol. The second-order valence-electron chi connectivity index (χ2n) is 4.63. The molecule has 1 amide bonds. The number of nitrogens with zero attached hydrogens (tertiary/aromatic N) is 1. The van der Waals surface area contributed by atoms with Gasteiger partial charge >= 0.3 is 0 Å². The Hall–Kier alpha value is -1.53. The van der Waals surface area contributed by atoms with Gasteiger partial charge in [-0.05, 0) is 51.8 Å². The Balaban J connectivity index is 1.99. The lowest BCUT2D eigenvalue weighted by atomic mass is 10.1. The van der Waals surface area contributed by atoms with Crippen molar-refractivity contribution in [2.75, 3.05) is 4.90 Å². The summed E-state index contributed by atoms with van der Waals surface area (Å²) < 4.78 is 14.4. The molecule has 0 N–H and O–H groups in total. The molecule has 0 fully saturated rings. The Morgan fingerprint density at radius 1 is 1.05 bits per heavy atom. The molecule has 6 heteroatoms. The van der Waals surface area contributed by atoms with Crippen LogP contribution >= 0.6 is 31.9 Å². The number of benzene rings is 2. The molecular formula is C15H8Br2FNO2. The molecule has 0 aliphatic carbocycles. The Morgan fingerprint density at radius 2 is 1.81 bits per heavy atom. The standard InChI is InChI=1S/C15H8Br2FNO2/c16-9-2-3-10-13(6-9)19(15(21)14(10)20)7-8-1-4-12(18)11(17)5-8/h1-6H,7H2. The van der Waals surface area contributed by atoms with Crippen molar-refractivity contribution >= 4 is 49.2 Å². The minimum atomic E-state index is -0.566. The first-order valence-electron chi connectivity index (χ1n) is 6.07. The highest BCUT2D eigenvalue weighted by Crippen LogP contribution is 2.33. The third-order valence-corrected chi connectivity index (χ3v) is 4.36. The van der Waals surface area contributed by atoms with E-state index in [0.717, 1.165) is 10.0 Å². The molecule has 1 heterocycles. The van der Waals surface area contributed by atoms with Crippen molar-refractivity contribution in [1.82, 2.24) is 0 Å². The van der Waals surface area contributed by atoms with Crippen LogP contribution in [0.15, 0.2) is 45.3 Å². The van der Waals surface area contributed by atoms with Crippen LogP contribution in [0.1, 0.15) is 15.9 Å². The minimum absolute atomic E-state index is 0.215. The van der Waals surface area contributed by atoms with E-state index in [1.807, 2.05) is 0 Å². The van der Waals surface area contributed by atoms with E-state index in [2.05, 4.69) is 31.9 Å². The van der Waals surface area contributed by atoms with Crippen LogP contribution < -0.4 is 4.90 Å². The molecule has 0 bridgehead atoms. The summed E-state index contributed by atoms with van der Waals surface area (Å²) in [5.41, 5.74) is 1.70. The summed E-state index contributed by atoms with van der Waals surface area (Å²) in [4.78, 5) is 25.5. The molecule has 106 valence electrons. The molecule has 0 saturated heterocycles. The van der Waals surface area contributed by atoms with E-state index in [4.69, 9.17) is 0 Å². The van der Waals surface area contributed by atoms with Gasteiger partial charge in [-0.1, -0.05) is 22.0 Å². The van der Waals surface area contributed by atoms with Gasteiger partial charge in [0.2, 0.25) is 0 Å². The van der Waals surface area contributed by atoms with Crippen LogP contribution in [0, 0.1) is 5.82 Å². The van der Waals surface area contributed by atoms with Gasteiger partial charge in [-0.2, -0.15) is 0 Å². The molecule has 0 atom stereocenters. The Labute approximate surface area is 137 Å². The van der Waals surface area contributed by atoms with Gasteiger partial charge in [0.15, 0.2) is 0 Å². The maximum atomic E-state index is 13.3. The van der Waals surface area contributed by atoms with Crippen LogP contribution in [0.5, 0.6) is 0 Å². The summed E-state index contributed by atoms with van der Waals surface area (Å²) in [5.74, 6) is -1.45. The predicted octanol–water partition coefficient (Wildman–Crippen LogP) is 4.08. The predicted molar refractivity (Wildman–Crippen MR) is 83.8 cm³/mol. The van der Waals surface area contributed by atoms with Gasteiger partial charge in [0, 0.05) is 4.47 Å². The third-order valence-electron chi connectivity index (χ3n) is 3.26. The molecule has 0 aromatic heterocycles. The fourth-order valence-electron chi connectivity index (χ4n) is 2.24. The summed E-state index contributed by atoms with van der Waals surface area (Å²) in [6, 6.07) is 9.60. The van der Waals surface area contributed by atoms with Gasteiger partial charge < -0.3 is 4.90 Å². The number of anilines is 1. The van der Waals surface area contributed by atoms with Gasteiger partial charge in [-0.3, -0.25) is 9.59 Å². The number of ketones is 1. The fraction of sp³-hybridized carbons (Fsp3) is 0.0667. The topological polar surface area (TPSA) is 37.4 Å². The molecule has 1 aliphatic heterocycles. The summed E-state index contributed by atoms with van der Waals surface area (Å²) >= 11 is 6.45. The highest BCUT2D eigenvalue weighted by atomic mass is 79.9. The number of fused-ring (bicyclic) bond motifs is 1. The van der Waals surface area contributed by atoms with Crippen molar-refractivity contribution in [2.24, 2.45) is 0 Å². The smallest absolute Gasteiger partial charge is 0.299 e. The molecule has 0 radical (unpaired) electrons. The lowest BCUT2D eigenvalue weighted by Crippen LogP contribution is -2.29. The van der Waals surface area contributed by atoms with Crippen molar-refractivity contribution in [3.63, 3.8) is 0 Å². The van der Waals surface area contributed by atoms with Crippen LogP contribution in [0.3, 0.4) is 0 Å².